The average molecular weight is 410 g/mol. The van der Waals surface area contributed by atoms with Gasteiger partial charge in [-0.05, 0) is 0 Å². The van der Waals surface area contributed by atoms with Crippen molar-refractivity contribution in [3.8, 4) is 0 Å². The number of H-pyrrole nitrogens is 2. The zero-order chi connectivity index (χ0) is 21.0. The minimum atomic E-state index is -1.54. The first kappa shape index (κ1) is 17.2. The van der Waals surface area contributed by atoms with E-state index in [1.54, 1.807) is 0 Å². The first-order chi connectivity index (χ1) is 13.7. The molecule has 0 radical (unpaired) electrons. The second kappa shape index (κ2) is 5.63. The summed E-state index contributed by atoms with van der Waals surface area (Å²) in [5, 5.41) is 62.6. The molecule has 0 saturated heterocycles. The first-order valence-corrected chi connectivity index (χ1v) is 6.90. The molecular formula is C8H2N12O9. The number of nitrogens with zero attached hydrogens (tertiary/aromatic N) is 10. The van der Waals surface area contributed by atoms with Crippen molar-refractivity contribution in [2.75, 3.05) is 0 Å². The highest BCUT2D eigenvalue weighted by atomic mass is 16.7. The molecule has 4 aromatic heterocycles. The van der Waals surface area contributed by atoms with Crippen molar-refractivity contribution in [3.63, 3.8) is 0 Å². The monoisotopic (exact) mass is 410 g/mol. The Bertz CT molecular complexity index is 1360. The fourth-order valence-corrected chi connectivity index (χ4v) is 2.55. The molecule has 0 bridgehead atoms. The quantitative estimate of drug-likeness (QED) is 0.250. The summed E-state index contributed by atoms with van der Waals surface area (Å²) >= 11 is 0. The van der Waals surface area contributed by atoms with Gasteiger partial charge < -0.3 is 0 Å². The van der Waals surface area contributed by atoms with Crippen LogP contribution in [0.2, 0.25) is 0 Å². The Morgan fingerprint density at radius 1 is 0.690 bits per heavy atom. The second-order valence-electron chi connectivity index (χ2n) is 5.04. The average Bonchev–Trinajstić information content (AvgIpc) is 3.30. The molecule has 0 saturated carbocycles. The van der Waals surface area contributed by atoms with Crippen LogP contribution in [-0.2, 0) is 0 Å². The molecule has 0 atom stereocenters. The lowest BCUT2D eigenvalue weighted by Crippen LogP contribution is -2.27. The van der Waals surface area contributed by atoms with Crippen LogP contribution in [0.4, 0.5) is 0 Å². The Hall–Kier alpha value is -5.24. The Labute approximate surface area is 150 Å². The van der Waals surface area contributed by atoms with Gasteiger partial charge in [-0.1, -0.05) is 0 Å². The zero-order valence-corrected chi connectivity index (χ0v) is 13.1. The van der Waals surface area contributed by atoms with Gasteiger partial charge in [-0.3, -0.25) is 45.1 Å². The highest BCUT2D eigenvalue weighted by molar-refractivity contribution is 5.79. The molecule has 0 fully saturated rings. The lowest BCUT2D eigenvalue weighted by Gasteiger charge is -1.97. The van der Waals surface area contributed by atoms with Crippen LogP contribution in [0.3, 0.4) is 0 Å². The van der Waals surface area contributed by atoms with Crippen LogP contribution in [0, 0.1) is 40.5 Å². The van der Waals surface area contributed by atoms with E-state index in [2.05, 4.69) is 30.7 Å². The van der Waals surface area contributed by atoms with Crippen molar-refractivity contribution in [2.24, 2.45) is 0 Å². The summed E-state index contributed by atoms with van der Waals surface area (Å²) in [6.45, 7) is 0. The Morgan fingerprint density at radius 2 is 1.03 bits per heavy atom. The third-order valence-corrected chi connectivity index (χ3v) is 3.58. The first-order valence-electron chi connectivity index (χ1n) is 6.90. The van der Waals surface area contributed by atoms with E-state index in [-0.39, 0.29) is 11.3 Å². The number of fused-ring (bicyclic) bond motifs is 6. The summed E-state index contributed by atoms with van der Waals surface area (Å²) in [7, 11) is 0. The summed E-state index contributed by atoms with van der Waals surface area (Å²) in [4.78, 5) is 39.1. The maximum atomic E-state index is 11.1. The van der Waals surface area contributed by atoms with E-state index in [1.807, 2.05) is 0 Å². The van der Waals surface area contributed by atoms with Crippen LogP contribution in [0.5, 0.6) is 0 Å². The minimum Gasteiger partial charge on any atom is -0.293 e. The molecule has 0 spiro atoms. The van der Waals surface area contributed by atoms with Crippen LogP contribution >= 0.6 is 0 Å². The summed E-state index contributed by atoms with van der Waals surface area (Å²) in [5.41, 5.74) is -3.09. The molecule has 0 aliphatic rings. The molecule has 2 N–H and O–H groups in total. The lowest BCUT2D eigenvalue weighted by molar-refractivity contribution is -0.548. The molecule has 4 heterocycles. The van der Waals surface area contributed by atoms with Gasteiger partial charge in [-0.25, -0.2) is 8.80 Å². The SMILES string of the molecule is O=[N+]([O-])C(=c1nnc2c3nnc(=C([N+](=O)[O-])[N+](=O)[O-])n3c3[nH]o[nH]c3n12)[N+](=O)[O-]. The van der Waals surface area contributed by atoms with Gasteiger partial charge in [-0.15, -0.1) is 20.4 Å². The standard InChI is InChI=1S/C8H2N12O9/c21-17(22)7(18(23)24)5-11-9-1-2-10-12-6(8(19(25)26)20(27)28)16(2)4-3(15(1)5)13-29-14-4/h13-14H. The number of nitro groups is 4. The molecule has 0 amide bonds. The van der Waals surface area contributed by atoms with Gasteiger partial charge in [0.05, 0.1) is 0 Å². The molecule has 0 unspecified atom stereocenters. The third-order valence-electron chi connectivity index (χ3n) is 3.58. The molecule has 0 aliphatic heterocycles. The van der Waals surface area contributed by atoms with Gasteiger partial charge in [0.15, 0.2) is 11.3 Å². The fraction of sp³-hybridized carbons (Fsp3) is 0. The zero-order valence-electron chi connectivity index (χ0n) is 13.1. The van der Waals surface area contributed by atoms with Crippen molar-refractivity contribution in [1.29, 1.82) is 0 Å². The predicted molar refractivity (Wildman–Crippen MR) is 80.9 cm³/mol. The molecule has 148 valence electrons. The summed E-state index contributed by atoms with van der Waals surface area (Å²) < 4.78 is 6.26. The number of aromatic amines is 2. The highest BCUT2D eigenvalue weighted by Gasteiger charge is 2.35. The van der Waals surface area contributed by atoms with Crippen molar-refractivity contribution >= 4 is 34.2 Å². The third kappa shape index (κ3) is 2.20. The van der Waals surface area contributed by atoms with Crippen molar-refractivity contribution < 1.29 is 24.3 Å². The Morgan fingerprint density at radius 3 is 1.34 bits per heavy atom. The van der Waals surface area contributed by atoms with Gasteiger partial charge in [0, 0.05) is 0 Å². The fourth-order valence-electron chi connectivity index (χ4n) is 2.55. The molecule has 21 nitrogen and oxygen atoms in total. The number of hydrogen-bond donors (Lipinski definition) is 2. The second-order valence-corrected chi connectivity index (χ2v) is 5.04. The van der Waals surface area contributed by atoms with Gasteiger partial charge in [-0.2, -0.15) is 10.3 Å². The van der Waals surface area contributed by atoms with Gasteiger partial charge in [0.25, 0.3) is 0 Å². The maximum Gasteiger partial charge on any atom is 0.604 e. The molecule has 0 aromatic carbocycles. The van der Waals surface area contributed by atoms with Crippen LogP contribution < -0.4 is 11.0 Å². The van der Waals surface area contributed by atoms with Crippen LogP contribution in [0.25, 0.3) is 34.2 Å². The van der Waals surface area contributed by atoms with E-state index >= 15 is 0 Å². The lowest BCUT2D eigenvalue weighted by atomic mass is 10.5. The van der Waals surface area contributed by atoms with Crippen molar-refractivity contribution in [1.82, 2.24) is 39.5 Å². The van der Waals surface area contributed by atoms with Crippen LogP contribution in [0.1, 0.15) is 0 Å². The number of hydrogen-bond acceptors (Lipinski definition) is 13. The van der Waals surface area contributed by atoms with E-state index < -0.39 is 53.6 Å². The molecular weight excluding hydrogens is 408 g/mol. The topological polar surface area (TPSA) is 278 Å². The number of rotatable bonds is 4. The Kier molecular flexibility index (Phi) is 3.34. The Balaban J connectivity index is 2.37. The van der Waals surface area contributed by atoms with E-state index in [0.717, 1.165) is 8.80 Å². The van der Waals surface area contributed by atoms with E-state index in [9.17, 15) is 40.5 Å². The van der Waals surface area contributed by atoms with Crippen LogP contribution in [-0.4, -0.2) is 59.2 Å². The van der Waals surface area contributed by atoms with Crippen molar-refractivity contribution in [3.05, 3.63) is 51.4 Å². The molecule has 21 heteroatoms. The van der Waals surface area contributed by atoms with E-state index in [0.29, 0.717) is 0 Å². The van der Waals surface area contributed by atoms with Crippen LogP contribution in [0.15, 0.2) is 4.63 Å². The molecule has 4 aromatic rings. The molecule has 4 rings (SSSR count). The molecule has 29 heavy (non-hydrogen) atoms. The smallest absolute Gasteiger partial charge is 0.293 e. The summed E-state index contributed by atoms with van der Waals surface area (Å²) in [5.74, 6) is -3.08. The highest BCUT2D eigenvalue weighted by Crippen LogP contribution is 2.14. The predicted octanol–water partition coefficient (Wildman–Crippen LogP) is -3.03. The van der Waals surface area contributed by atoms with Crippen molar-refractivity contribution in [2.45, 2.75) is 0 Å². The number of aromatic nitrogens is 8. The van der Waals surface area contributed by atoms with E-state index in [4.69, 9.17) is 4.63 Å². The van der Waals surface area contributed by atoms with Gasteiger partial charge in [0.1, 0.15) is 19.7 Å². The van der Waals surface area contributed by atoms with E-state index in [1.165, 1.54) is 0 Å². The number of nitrogens with one attached hydrogen (secondary N) is 2. The molecule has 0 aliphatic carbocycles. The summed E-state index contributed by atoms with van der Waals surface area (Å²) in [6, 6.07) is 0. The summed E-state index contributed by atoms with van der Waals surface area (Å²) in [6.07, 6.45) is 0. The van der Waals surface area contributed by atoms with Gasteiger partial charge in [0.2, 0.25) is 11.3 Å². The minimum absolute atomic E-state index is 0.305. The maximum absolute atomic E-state index is 11.1. The largest absolute Gasteiger partial charge is 0.604 e. The van der Waals surface area contributed by atoms with Gasteiger partial charge >= 0.3 is 22.6 Å². The normalized spacial score (nSPS) is 11.2.